The molecule has 0 aliphatic carbocycles. The van der Waals surface area contributed by atoms with Crippen LogP contribution in [-0.2, 0) is 31.9 Å². The summed E-state index contributed by atoms with van der Waals surface area (Å²) >= 11 is 0. The van der Waals surface area contributed by atoms with Crippen molar-refractivity contribution in [3.05, 3.63) is 81.5 Å². The molecule has 0 fully saturated rings. The van der Waals surface area contributed by atoms with Crippen LogP contribution < -0.4 is 10.2 Å². The number of aliphatic hydroxyl groups is 1. The molecule has 1 amide bonds. The Morgan fingerprint density at radius 1 is 1.00 bits per heavy atom. The first-order valence-corrected chi connectivity index (χ1v) is 12.6. The fraction of sp³-hybridized carbons (Fsp3) is 0.370. The maximum atomic E-state index is 14.0. The molecule has 0 saturated heterocycles. The van der Waals surface area contributed by atoms with Crippen LogP contribution in [0.2, 0.25) is 0 Å². The molecule has 4 rings (SSSR count). The van der Waals surface area contributed by atoms with Gasteiger partial charge in [0.1, 0.15) is 11.4 Å². The van der Waals surface area contributed by atoms with E-state index >= 15 is 0 Å². The van der Waals surface area contributed by atoms with Crippen molar-refractivity contribution in [3.63, 3.8) is 0 Å². The number of aryl methyl sites for hydroxylation is 1. The Labute approximate surface area is 230 Å². The van der Waals surface area contributed by atoms with Crippen LogP contribution in [0, 0.1) is 0 Å². The fourth-order valence-corrected chi connectivity index (χ4v) is 4.75. The van der Waals surface area contributed by atoms with Crippen LogP contribution in [0.4, 0.5) is 32.2 Å². The topological polar surface area (TPSA) is 108 Å². The molecule has 8 nitrogen and oxygen atoms in total. The van der Waals surface area contributed by atoms with E-state index in [2.05, 4.69) is 10.4 Å². The van der Waals surface area contributed by atoms with Gasteiger partial charge in [-0.05, 0) is 60.7 Å². The smallest absolute Gasteiger partial charge is 0.436 e. The van der Waals surface area contributed by atoms with E-state index in [0.29, 0.717) is 11.1 Å². The van der Waals surface area contributed by atoms with Crippen molar-refractivity contribution >= 4 is 17.7 Å². The molecule has 0 radical (unpaired) electrons. The maximum absolute atomic E-state index is 14.0. The van der Waals surface area contributed by atoms with Gasteiger partial charge in [-0.15, -0.1) is 0 Å². The Morgan fingerprint density at radius 3 is 2.24 bits per heavy atom. The number of rotatable bonds is 9. The molecule has 0 saturated carbocycles. The van der Waals surface area contributed by atoms with E-state index in [4.69, 9.17) is 10.2 Å². The number of halogens is 6. The lowest BCUT2D eigenvalue weighted by Crippen LogP contribution is -2.31. The van der Waals surface area contributed by atoms with Crippen molar-refractivity contribution in [2.24, 2.45) is 0 Å². The number of carbonyl (C=O) groups excluding carboxylic acids is 1. The van der Waals surface area contributed by atoms with Gasteiger partial charge in [0.2, 0.25) is 0 Å². The minimum absolute atomic E-state index is 0.00848. The van der Waals surface area contributed by atoms with Crippen LogP contribution in [0.5, 0.6) is 0 Å². The number of carboxylic acid groups (broad SMARTS) is 1. The van der Waals surface area contributed by atoms with E-state index in [9.17, 15) is 35.9 Å². The number of nitrogens with one attached hydrogen (secondary N) is 1. The highest BCUT2D eigenvalue weighted by Gasteiger charge is 2.44. The second-order valence-electron chi connectivity index (χ2n) is 9.68. The molecule has 1 aromatic heterocycles. The first-order valence-electron chi connectivity index (χ1n) is 12.6. The third kappa shape index (κ3) is 6.64. The lowest BCUT2D eigenvalue weighted by Gasteiger charge is -2.22. The zero-order valence-corrected chi connectivity index (χ0v) is 21.7. The van der Waals surface area contributed by atoms with Crippen molar-refractivity contribution in [1.29, 1.82) is 0 Å². The van der Waals surface area contributed by atoms with E-state index in [1.54, 1.807) is 0 Å². The molecular weight excluding hydrogens is 558 g/mol. The Hall–Kier alpha value is -4.07. The van der Waals surface area contributed by atoms with Gasteiger partial charge in [-0.1, -0.05) is 18.2 Å². The lowest BCUT2D eigenvalue weighted by atomic mass is 10.0. The predicted octanol–water partition coefficient (Wildman–Crippen LogP) is 5.06. The Kier molecular flexibility index (Phi) is 8.34. The summed E-state index contributed by atoms with van der Waals surface area (Å²) in [6, 6.07) is 8.01. The Morgan fingerprint density at radius 2 is 1.66 bits per heavy atom. The number of hydrogen-bond donors (Lipinski definition) is 3. The highest BCUT2D eigenvalue weighted by Crippen LogP contribution is 2.39. The average molecular weight is 585 g/mol. The molecule has 0 unspecified atom stereocenters. The second kappa shape index (κ2) is 11.4. The van der Waals surface area contributed by atoms with E-state index in [-0.39, 0.29) is 56.0 Å². The number of aromatic carboxylic acids is 1. The number of carbonyl (C=O) groups is 2. The van der Waals surface area contributed by atoms with Crippen LogP contribution in [0.25, 0.3) is 0 Å². The fourth-order valence-electron chi connectivity index (χ4n) is 4.75. The third-order valence-electron chi connectivity index (χ3n) is 6.68. The quantitative estimate of drug-likeness (QED) is 0.304. The molecule has 0 bridgehead atoms. The molecule has 2 aromatic carbocycles. The summed E-state index contributed by atoms with van der Waals surface area (Å²) in [7, 11) is 0. The lowest BCUT2D eigenvalue weighted by molar-refractivity contribution is -0.142. The summed E-state index contributed by atoms with van der Waals surface area (Å²) < 4.78 is 83.6. The van der Waals surface area contributed by atoms with Gasteiger partial charge in [-0.2, -0.15) is 31.4 Å². The van der Waals surface area contributed by atoms with E-state index in [1.165, 1.54) is 42.2 Å². The number of alkyl halides is 6. The molecule has 3 aromatic rings. The number of nitrogens with zero attached hydrogens (tertiary/aromatic N) is 3. The SMILES string of the molecule is C[C@H](NC(=O)c1c(C(F)(F)F)nn2c1N(Cc1cc(CCCO)cc(C(F)(F)F)c1)CC2)c1ccc(C(=O)O)cc1. The molecule has 1 atom stereocenters. The van der Waals surface area contributed by atoms with E-state index in [0.717, 1.165) is 16.8 Å². The minimum atomic E-state index is -4.99. The van der Waals surface area contributed by atoms with Crippen LogP contribution in [0.15, 0.2) is 42.5 Å². The van der Waals surface area contributed by atoms with Crippen LogP contribution >= 0.6 is 0 Å². The van der Waals surface area contributed by atoms with Crippen LogP contribution in [0.3, 0.4) is 0 Å². The zero-order valence-electron chi connectivity index (χ0n) is 21.7. The largest absolute Gasteiger partial charge is 0.478 e. The van der Waals surface area contributed by atoms with Gasteiger partial charge in [-0.3, -0.25) is 4.79 Å². The molecular formula is C27H26F6N4O4. The highest BCUT2D eigenvalue weighted by atomic mass is 19.4. The van der Waals surface area contributed by atoms with Gasteiger partial charge < -0.3 is 20.4 Å². The normalized spacial score (nSPS) is 14.2. The zero-order chi connectivity index (χ0) is 30.1. The molecule has 14 heteroatoms. The number of anilines is 1. The van der Waals surface area contributed by atoms with Crippen molar-refractivity contribution in [3.8, 4) is 0 Å². The summed E-state index contributed by atoms with van der Waals surface area (Å²) in [5.74, 6) is -2.43. The Bertz CT molecular complexity index is 1430. The number of fused-ring (bicyclic) bond motifs is 1. The van der Waals surface area contributed by atoms with Crippen molar-refractivity contribution < 1.29 is 46.1 Å². The number of hydrogen-bond acceptors (Lipinski definition) is 5. The molecule has 2 heterocycles. The van der Waals surface area contributed by atoms with Gasteiger partial charge in [0.05, 0.1) is 23.7 Å². The van der Waals surface area contributed by atoms with Gasteiger partial charge in [0.25, 0.3) is 5.91 Å². The molecule has 220 valence electrons. The van der Waals surface area contributed by atoms with E-state index in [1.807, 2.05) is 0 Å². The minimum Gasteiger partial charge on any atom is -0.478 e. The average Bonchev–Trinajstić information content (AvgIpc) is 3.47. The predicted molar refractivity (Wildman–Crippen MR) is 134 cm³/mol. The monoisotopic (exact) mass is 584 g/mol. The summed E-state index contributed by atoms with van der Waals surface area (Å²) in [6.07, 6.45) is -9.25. The summed E-state index contributed by atoms with van der Waals surface area (Å²) in [5.41, 5.74) is -2.18. The standard InChI is InChI=1S/C27H26F6N4O4/c1-15(18-4-6-19(7-5-18)25(40)41)34-23(39)21-22(27(31,32)33)35-37-9-8-36(24(21)37)14-17-11-16(3-2-10-38)12-20(13-17)26(28,29)30/h4-7,11-13,15,38H,2-3,8-10,14H2,1H3,(H,34,39)(H,40,41)/t15-/m0/s1. The van der Waals surface area contributed by atoms with Crippen LogP contribution in [0.1, 0.15) is 68.1 Å². The first-order chi connectivity index (χ1) is 19.2. The maximum Gasteiger partial charge on any atom is 0.436 e. The summed E-state index contributed by atoms with van der Waals surface area (Å²) in [5, 5.41) is 24.3. The van der Waals surface area contributed by atoms with Gasteiger partial charge >= 0.3 is 18.3 Å². The number of carboxylic acids is 1. The molecule has 41 heavy (non-hydrogen) atoms. The Balaban J connectivity index is 1.67. The highest BCUT2D eigenvalue weighted by molar-refractivity contribution is 6.01. The molecule has 0 spiro atoms. The van der Waals surface area contributed by atoms with Gasteiger partial charge in [0.15, 0.2) is 5.69 Å². The van der Waals surface area contributed by atoms with Crippen molar-refractivity contribution in [2.45, 2.75) is 51.2 Å². The first kappa shape index (κ1) is 29.9. The molecule has 1 aliphatic heterocycles. The number of benzene rings is 2. The summed E-state index contributed by atoms with van der Waals surface area (Å²) in [6.45, 7) is 1.16. The molecule has 3 N–H and O–H groups in total. The number of aromatic nitrogens is 2. The van der Waals surface area contributed by atoms with Gasteiger partial charge in [-0.25, -0.2) is 9.48 Å². The third-order valence-corrected chi connectivity index (χ3v) is 6.68. The second-order valence-corrected chi connectivity index (χ2v) is 9.68. The molecule has 1 aliphatic rings. The van der Waals surface area contributed by atoms with Crippen LogP contribution in [-0.4, -0.2) is 45.0 Å². The van der Waals surface area contributed by atoms with Gasteiger partial charge in [0, 0.05) is 19.7 Å². The van der Waals surface area contributed by atoms with E-state index < -0.39 is 47.1 Å². The summed E-state index contributed by atoms with van der Waals surface area (Å²) in [4.78, 5) is 25.8. The van der Waals surface area contributed by atoms with Crippen molar-refractivity contribution in [1.82, 2.24) is 15.1 Å². The number of amides is 1. The number of aliphatic hydroxyl groups excluding tert-OH is 1. The van der Waals surface area contributed by atoms with Crippen molar-refractivity contribution in [2.75, 3.05) is 18.1 Å².